The number of amides is 3. The lowest BCUT2D eigenvalue weighted by Crippen LogP contribution is -2.30. The molecule has 4 aromatic carbocycles. The molecule has 0 spiro atoms. The highest BCUT2D eigenvalue weighted by molar-refractivity contribution is 8.00. The maximum absolute atomic E-state index is 13.7. The summed E-state index contributed by atoms with van der Waals surface area (Å²) in [5.74, 6) is -1.61. The second-order valence-corrected chi connectivity index (χ2v) is 9.63. The number of nitrogens with one attached hydrogen (secondary N) is 3. The molecule has 6 nitrogen and oxygen atoms in total. The number of benzene rings is 4. The predicted molar refractivity (Wildman–Crippen MR) is 154 cm³/mol. The molecule has 0 atom stereocenters. The Morgan fingerprint density at radius 3 is 2.15 bits per heavy atom. The van der Waals surface area contributed by atoms with Crippen LogP contribution in [0.5, 0.6) is 0 Å². The SMILES string of the molecule is Cc1ccc(/C=C(\NC(=O)c2ccccc2)C(=O)Nc2ccc(SCC(=O)Nc3ccccc3F)cc2)cc1. The molecule has 4 aromatic rings. The number of halogens is 1. The molecule has 196 valence electrons. The molecule has 3 amide bonds. The standard InChI is InChI=1S/C31H26FN3O3S/c1-21-11-13-22(14-12-21)19-28(35-30(37)23-7-3-2-4-8-23)31(38)33-24-15-17-25(18-16-24)39-20-29(36)34-27-10-6-5-9-26(27)32/h2-19H,20H2,1H3,(H,33,38)(H,34,36)(H,35,37)/b28-19-. The van der Waals surface area contributed by atoms with E-state index in [2.05, 4.69) is 16.0 Å². The average Bonchev–Trinajstić information content (AvgIpc) is 2.95. The van der Waals surface area contributed by atoms with Crippen molar-refractivity contribution < 1.29 is 18.8 Å². The zero-order chi connectivity index (χ0) is 27.6. The number of para-hydroxylation sites is 1. The number of hydrogen-bond acceptors (Lipinski definition) is 4. The number of carbonyl (C=O) groups is 3. The number of thioether (sulfide) groups is 1. The second-order valence-electron chi connectivity index (χ2n) is 8.58. The molecular weight excluding hydrogens is 513 g/mol. The fourth-order valence-electron chi connectivity index (χ4n) is 3.50. The zero-order valence-corrected chi connectivity index (χ0v) is 21.9. The van der Waals surface area contributed by atoms with Crippen LogP contribution in [0.15, 0.2) is 114 Å². The monoisotopic (exact) mass is 539 g/mol. The van der Waals surface area contributed by atoms with Crippen molar-refractivity contribution in [3.8, 4) is 0 Å². The first kappa shape index (κ1) is 27.3. The topological polar surface area (TPSA) is 87.3 Å². The van der Waals surface area contributed by atoms with Crippen LogP contribution in [0.4, 0.5) is 15.8 Å². The molecule has 0 bridgehead atoms. The first-order valence-corrected chi connectivity index (χ1v) is 13.1. The highest BCUT2D eigenvalue weighted by Crippen LogP contribution is 2.22. The van der Waals surface area contributed by atoms with Crippen LogP contribution in [0.3, 0.4) is 0 Å². The summed E-state index contributed by atoms with van der Waals surface area (Å²) in [4.78, 5) is 38.9. The van der Waals surface area contributed by atoms with Gasteiger partial charge in [0.15, 0.2) is 0 Å². The van der Waals surface area contributed by atoms with Crippen LogP contribution < -0.4 is 16.0 Å². The Labute approximate surface area is 230 Å². The fraction of sp³-hybridized carbons (Fsp3) is 0.0645. The Balaban J connectivity index is 1.40. The number of hydrogen-bond donors (Lipinski definition) is 3. The van der Waals surface area contributed by atoms with Gasteiger partial charge in [-0.1, -0.05) is 60.2 Å². The minimum Gasteiger partial charge on any atom is -0.323 e. The van der Waals surface area contributed by atoms with Crippen molar-refractivity contribution in [2.24, 2.45) is 0 Å². The third-order valence-electron chi connectivity index (χ3n) is 5.55. The molecule has 0 radical (unpaired) electrons. The summed E-state index contributed by atoms with van der Waals surface area (Å²) >= 11 is 1.28. The molecule has 4 rings (SSSR count). The minimum atomic E-state index is -0.494. The van der Waals surface area contributed by atoms with Crippen LogP contribution in [0.25, 0.3) is 6.08 Å². The Morgan fingerprint density at radius 1 is 0.795 bits per heavy atom. The van der Waals surface area contributed by atoms with Gasteiger partial charge in [-0.05, 0) is 67.1 Å². The summed E-state index contributed by atoms with van der Waals surface area (Å²) in [6.45, 7) is 1.97. The summed E-state index contributed by atoms with van der Waals surface area (Å²) in [6, 6.07) is 29.2. The lowest BCUT2D eigenvalue weighted by Gasteiger charge is -2.12. The number of anilines is 2. The maximum atomic E-state index is 13.7. The Bertz CT molecular complexity index is 1490. The summed E-state index contributed by atoms with van der Waals surface area (Å²) in [7, 11) is 0. The molecule has 0 aromatic heterocycles. The number of aryl methyl sites for hydroxylation is 1. The molecular formula is C31H26FN3O3S. The van der Waals surface area contributed by atoms with Crippen molar-refractivity contribution >= 4 is 46.9 Å². The fourth-order valence-corrected chi connectivity index (χ4v) is 4.20. The molecule has 0 unspecified atom stereocenters. The van der Waals surface area contributed by atoms with Crippen molar-refractivity contribution in [2.75, 3.05) is 16.4 Å². The van der Waals surface area contributed by atoms with Gasteiger partial charge >= 0.3 is 0 Å². The molecule has 3 N–H and O–H groups in total. The van der Waals surface area contributed by atoms with E-state index in [9.17, 15) is 18.8 Å². The van der Waals surface area contributed by atoms with Crippen LogP contribution in [-0.2, 0) is 9.59 Å². The Morgan fingerprint density at radius 2 is 1.46 bits per heavy atom. The third kappa shape index (κ3) is 8.15. The summed E-state index contributed by atoms with van der Waals surface area (Å²) in [5.41, 5.74) is 3.02. The van der Waals surface area contributed by atoms with Gasteiger partial charge in [-0.3, -0.25) is 14.4 Å². The molecule has 0 aliphatic carbocycles. The predicted octanol–water partition coefficient (Wildman–Crippen LogP) is 6.27. The van der Waals surface area contributed by atoms with Crippen LogP contribution >= 0.6 is 11.8 Å². The minimum absolute atomic E-state index is 0.0923. The van der Waals surface area contributed by atoms with Gasteiger partial charge in [0.25, 0.3) is 11.8 Å². The second kappa shape index (κ2) is 13.2. The van der Waals surface area contributed by atoms with Crippen molar-refractivity contribution in [3.05, 3.63) is 131 Å². The van der Waals surface area contributed by atoms with E-state index in [4.69, 9.17) is 0 Å². The molecule has 0 aliphatic rings. The average molecular weight is 540 g/mol. The van der Waals surface area contributed by atoms with E-state index in [0.717, 1.165) is 16.0 Å². The molecule has 39 heavy (non-hydrogen) atoms. The van der Waals surface area contributed by atoms with Gasteiger partial charge in [-0.25, -0.2) is 4.39 Å². The normalized spacial score (nSPS) is 11.0. The van der Waals surface area contributed by atoms with E-state index in [1.165, 1.54) is 23.9 Å². The summed E-state index contributed by atoms with van der Waals surface area (Å²) in [5, 5.41) is 8.08. The highest BCUT2D eigenvalue weighted by Gasteiger charge is 2.15. The van der Waals surface area contributed by atoms with E-state index in [1.54, 1.807) is 66.7 Å². The summed E-state index contributed by atoms with van der Waals surface area (Å²) in [6.07, 6.45) is 1.62. The van der Waals surface area contributed by atoms with Crippen LogP contribution in [-0.4, -0.2) is 23.5 Å². The molecule has 0 heterocycles. The van der Waals surface area contributed by atoms with Crippen molar-refractivity contribution in [3.63, 3.8) is 0 Å². The van der Waals surface area contributed by atoms with Crippen LogP contribution in [0.1, 0.15) is 21.5 Å². The van der Waals surface area contributed by atoms with E-state index in [1.807, 2.05) is 37.3 Å². The third-order valence-corrected chi connectivity index (χ3v) is 6.56. The van der Waals surface area contributed by atoms with Gasteiger partial charge < -0.3 is 16.0 Å². The molecule has 0 saturated carbocycles. The lowest BCUT2D eigenvalue weighted by molar-refractivity contribution is -0.114. The first-order valence-electron chi connectivity index (χ1n) is 12.1. The van der Waals surface area contributed by atoms with E-state index in [0.29, 0.717) is 11.3 Å². The van der Waals surface area contributed by atoms with E-state index < -0.39 is 17.6 Å². The van der Waals surface area contributed by atoms with Gasteiger partial charge in [-0.2, -0.15) is 0 Å². The Kier molecular flexibility index (Phi) is 9.26. The number of carbonyl (C=O) groups excluding carboxylic acids is 3. The zero-order valence-electron chi connectivity index (χ0n) is 21.1. The Hall–Kier alpha value is -4.69. The van der Waals surface area contributed by atoms with Crippen molar-refractivity contribution in [2.45, 2.75) is 11.8 Å². The van der Waals surface area contributed by atoms with Crippen LogP contribution in [0, 0.1) is 12.7 Å². The highest BCUT2D eigenvalue weighted by atomic mass is 32.2. The molecule has 0 saturated heterocycles. The van der Waals surface area contributed by atoms with Gasteiger partial charge in [-0.15, -0.1) is 11.8 Å². The van der Waals surface area contributed by atoms with E-state index in [-0.39, 0.29) is 23.0 Å². The first-order chi connectivity index (χ1) is 18.9. The van der Waals surface area contributed by atoms with Crippen molar-refractivity contribution in [1.82, 2.24) is 5.32 Å². The molecule has 0 fully saturated rings. The molecule has 8 heteroatoms. The van der Waals surface area contributed by atoms with Gasteiger partial charge in [0.05, 0.1) is 11.4 Å². The summed E-state index contributed by atoms with van der Waals surface area (Å²) < 4.78 is 13.7. The lowest BCUT2D eigenvalue weighted by atomic mass is 10.1. The van der Waals surface area contributed by atoms with E-state index >= 15 is 0 Å². The largest absolute Gasteiger partial charge is 0.323 e. The molecule has 0 aliphatic heterocycles. The smallest absolute Gasteiger partial charge is 0.272 e. The maximum Gasteiger partial charge on any atom is 0.272 e. The quantitative estimate of drug-likeness (QED) is 0.173. The van der Waals surface area contributed by atoms with Crippen LogP contribution in [0.2, 0.25) is 0 Å². The van der Waals surface area contributed by atoms with Gasteiger partial charge in [0, 0.05) is 16.1 Å². The number of rotatable bonds is 9. The van der Waals surface area contributed by atoms with Gasteiger partial charge in [0.1, 0.15) is 11.5 Å². The van der Waals surface area contributed by atoms with Crippen molar-refractivity contribution in [1.29, 1.82) is 0 Å². The van der Waals surface area contributed by atoms with Gasteiger partial charge in [0.2, 0.25) is 5.91 Å².